The maximum Gasteiger partial charge on any atom is 0.0991 e. The van der Waals surface area contributed by atoms with Crippen molar-refractivity contribution in [2.75, 3.05) is 6.54 Å². The van der Waals surface area contributed by atoms with E-state index in [0.717, 1.165) is 23.8 Å². The molecule has 1 heterocycles. The SMILES string of the molecule is CCNCc1ccc(Cl)cc1-n1ccnc1. The van der Waals surface area contributed by atoms with Crippen molar-refractivity contribution in [3.05, 3.63) is 47.5 Å². The van der Waals surface area contributed by atoms with Gasteiger partial charge in [-0.3, -0.25) is 0 Å². The lowest BCUT2D eigenvalue weighted by Gasteiger charge is -2.11. The summed E-state index contributed by atoms with van der Waals surface area (Å²) in [6.45, 7) is 3.87. The Hall–Kier alpha value is -1.32. The van der Waals surface area contributed by atoms with Gasteiger partial charge in [0.2, 0.25) is 0 Å². The lowest BCUT2D eigenvalue weighted by Crippen LogP contribution is -2.13. The van der Waals surface area contributed by atoms with Gasteiger partial charge in [0.15, 0.2) is 0 Å². The van der Waals surface area contributed by atoms with Gasteiger partial charge in [-0.1, -0.05) is 24.6 Å². The molecule has 16 heavy (non-hydrogen) atoms. The lowest BCUT2D eigenvalue weighted by atomic mass is 10.1. The highest BCUT2D eigenvalue weighted by Gasteiger charge is 2.04. The average Bonchev–Trinajstić information content (AvgIpc) is 2.80. The molecule has 1 N–H and O–H groups in total. The molecule has 0 amide bonds. The second-order valence-corrected chi connectivity index (χ2v) is 3.96. The molecule has 0 saturated carbocycles. The minimum Gasteiger partial charge on any atom is -0.313 e. The summed E-state index contributed by atoms with van der Waals surface area (Å²) < 4.78 is 1.97. The highest BCUT2D eigenvalue weighted by atomic mass is 35.5. The van der Waals surface area contributed by atoms with Crippen LogP contribution in [-0.2, 0) is 6.54 Å². The van der Waals surface area contributed by atoms with Crippen LogP contribution in [0, 0.1) is 0 Å². The first-order valence-electron chi connectivity index (χ1n) is 5.28. The number of benzene rings is 1. The molecular formula is C12H14ClN3. The van der Waals surface area contributed by atoms with Gasteiger partial charge < -0.3 is 9.88 Å². The van der Waals surface area contributed by atoms with E-state index in [1.165, 1.54) is 5.56 Å². The summed E-state index contributed by atoms with van der Waals surface area (Å²) in [5, 5.41) is 4.05. The normalized spacial score (nSPS) is 10.6. The van der Waals surface area contributed by atoms with Crippen LogP contribution in [0.3, 0.4) is 0 Å². The van der Waals surface area contributed by atoms with E-state index in [-0.39, 0.29) is 0 Å². The van der Waals surface area contributed by atoms with Crippen LogP contribution in [-0.4, -0.2) is 16.1 Å². The van der Waals surface area contributed by atoms with Crippen LogP contribution in [0.2, 0.25) is 5.02 Å². The molecule has 0 atom stereocenters. The Balaban J connectivity index is 2.37. The molecule has 4 heteroatoms. The predicted molar refractivity (Wildman–Crippen MR) is 66.0 cm³/mol. The molecule has 0 spiro atoms. The Morgan fingerprint density at radius 1 is 1.44 bits per heavy atom. The van der Waals surface area contributed by atoms with Gasteiger partial charge in [-0.25, -0.2) is 4.98 Å². The van der Waals surface area contributed by atoms with Crippen LogP contribution in [0.25, 0.3) is 5.69 Å². The van der Waals surface area contributed by atoms with Gasteiger partial charge in [0.1, 0.15) is 0 Å². The van der Waals surface area contributed by atoms with Crippen LogP contribution in [0.5, 0.6) is 0 Å². The van der Waals surface area contributed by atoms with Gasteiger partial charge in [-0.05, 0) is 24.2 Å². The fourth-order valence-electron chi connectivity index (χ4n) is 1.59. The van der Waals surface area contributed by atoms with Gasteiger partial charge in [-0.2, -0.15) is 0 Å². The predicted octanol–water partition coefficient (Wildman–Crippen LogP) is 2.64. The summed E-state index contributed by atoms with van der Waals surface area (Å²) in [5.41, 5.74) is 2.29. The molecule has 2 rings (SSSR count). The lowest BCUT2D eigenvalue weighted by molar-refractivity contribution is 0.722. The quantitative estimate of drug-likeness (QED) is 0.883. The van der Waals surface area contributed by atoms with Crippen molar-refractivity contribution < 1.29 is 0 Å². The molecule has 1 aromatic heterocycles. The molecule has 0 unspecified atom stereocenters. The van der Waals surface area contributed by atoms with Gasteiger partial charge in [-0.15, -0.1) is 0 Å². The molecule has 3 nitrogen and oxygen atoms in total. The number of aromatic nitrogens is 2. The van der Waals surface area contributed by atoms with E-state index in [0.29, 0.717) is 0 Å². The number of hydrogen-bond donors (Lipinski definition) is 1. The third-order valence-electron chi connectivity index (χ3n) is 2.40. The fraction of sp³-hybridized carbons (Fsp3) is 0.250. The van der Waals surface area contributed by atoms with Crippen molar-refractivity contribution in [3.8, 4) is 5.69 Å². The number of nitrogens with zero attached hydrogens (tertiary/aromatic N) is 2. The first kappa shape index (κ1) is 11.2. The van der Waals surface area contributed by atoms with Crippen LogP contribution in [0.1, 0.15) is 12.5 Å². The summed E-state index contributed by atoms with van der Waals surface area (Å²) in [6, 6.07) is 5.91. The third kappa shape index (κ3) is 2.43. The summed E-state index contributed by atoms with van der Waals surface area (Å²) in [6.07, 6.45) is 5.46. The molecule has 2 aromatic rings. The van der Waals surface area contributed by atoms with E-state index in [1.807, 2.05) is 29.0 Å². The number of hydrogen-bond acceptors (Lipinski definition) is 2. The molecule has 0 aliphatic carbocycles. The molecule has 0 aliphatic rings. The number of halogens is 1. The molecule has 0 saturated heterocycles. The highest BCUT2D eigenvalue weighted by molar-refractivity contribution is 6.30. The molecular weight excluding hydrogens is 222 g/mol. The minimum atomic E-state index is 0.740. The van der Waals surface area contributed by atoms with Crippen molar-refractivity contribution in [3.63, 3.8) is 0 Å². The first-order valence-corrected chi connectivity index (χ1v) is 5.66. The van der Waals surface area contributed by atoms with E-state index in [2.05, 4.69) is 17.2 Å². The van der Waals surface area contributed by atoms with Crippen molar-refractivity contribution in [2.45, 2.75) is 13.5 Å². The maximum absolute atomic E-state index is 6.01. The monoisotopic (exact) mass is 235 g/mol. The van der Waals surface area contributed by atoms with Crippen molar-refractivity contribution in [2.24, 2.45) is 0 Å². The van der Waals surface area contributed by atoms with Gasteiger partial charge in [0, 0.05) is 24.0 Å². The Morgan fingerprint density at radius 3 is 3.00 bits per heavy atom. The number of rotatable bonds is 4. The minimum absolute atomic E-state index is 0.740. The zero-order chi connectivity index (χ0) is 11.4. The molecule has 0 fully saturated rings. The van der Waals surface area contributed by atoms with Crippen LogP contribution in [0.15, 0.2) is 36.9 Å². The molecule has 1 aromatic carbocycles. The van der Waals surface area contributed by atoms with Crippen LogP contribution in [0.4, 0.5) is 0 Å². The Kier molecular flexibility index (Phi) is 3.59. The molecule has 0 bridgehead atoms. The van der Waals surface area contributed by atoms with Crippen molar-refractivity contribution in [1.29, 1.82) is 0 Å². The van der Waals surface area contributed by atoms with E-state index < -0.39 is 0 Å². The summed E-state index contributed by atoms with van der Waals surface area (Å²) in [4.78, 5) is 4.05. The average molecular weight is 236 g/mol. The molecule has 0 radical (unpaired) electrons. The Bertz CT molecular complexity index is 451. The fourth-order valence-corrected chi connectivity index (χ4v) is 1.75. The van der Waals surface area contributed by atoms with Crippen LogP contribution < -0.4 is 5.32 Å². The number of imidazole rings is 1. The first-order chi connectivity index (χ1) is 7.81. The largest absolute Gasteiger partial charge is 0.313 e. The second-order valence-electron chi connectivity index (χ2n) is 3.52. The summed E-state index contributed by atoms with van der Waals surface area (Å²) in [5.74, 6) is 0. The Labute approximate surface area is 100 Å². The zero-order valence-corrected chi connectivity index (χ0v) is 9.91. The summed E-state index contributed by atoms with van der Waals surface area (Å²) >= 11 is 6.01. The molecule has 84 valence electrons. The van der Waals surface area contributed by atoms with Gasteiger partial charge >= 0.3 is 0 Å². The van der Waals surface area contributed by atoms with Crippen LogP contribution >= 0.6 is 11.6 Å². The second kappa shape index (κ2) is 5.14. The van der Waals surface area contributed by atoms with E-state index in [4.69, 9.17) is 11.6 Å². The third-order valence-corrected chi connectivity index (χ3v) is 2.63. The standard InChI is InChI=1S/C12H14ClN3/c1-2-14-8-10-3-4-11(13)7-12(10)16-6-5-15-9-16/h3-7,9,14H,2,8H2,1H3. The van der Waals surface area contributed by atoms with Crippen molar-refractivity contribution >= 4 is 11.6 Å². The zero-order valence-electron chi connectivity index (χ0n) is 9.15. The number of nitrogens with one attached hydrogen (secondary N) is 1. The smallest absolute Gasteiger partial charge is 0.0991 e. The van der Waals surface area contributed by atoms with E-state index in [1.54, 1.807) is 12.5 Å². The highest BCUT2D eigenvalue weighted by Crippen LogP contribution is 2.19. The van der Waals surface area contributed by atoms with Gasteiger partial charge in [0.05, 0.1) is 12.0 Å². The van der Waals surface area contributed by atoms with Crippen molar-refractivity contribution in [1.82, 2.24) is 14.9 Å². The Morgan fingerprint density at radius 2 is 2.31 bits per heavy atom. The maximum atomic E-state index is 6.01. The molecule has 0 aliphatic heterocycles. The topological polar surface area (TPSA) is 29.9 Å². The van der Waals surface area contributed by atoms with Gasteiger partial charge in [0.25, 0.3) is 0 Å². The van der Waals surface area contributed by atoms with E-state index in [9.17, 15) is 0 Å². The summed E-state index contributed by atoms with van der Waals surface area (Å²) in [7, 11) is 0. The van der Waals surface area contributed by atoms with E-state index >= 15 is 0 Å².